The molecule has 5 rings (SSSR count). The zero-order valence-corrected chi connectivity index (χ0v) is 16.8. The molecule has 0 aliphatic carbocycles. The van der Waals surface area contributed by atoms with Crippen LogP contribution in [-0.4, -0.2) is 57.2 Å². The largest absolute Gasteiger partial charge is 0.381 e. The molecule has 7 nitrogen and oxygen atoms in total. The van der Waals surface area contributed by atoms with Gasteiger partial charge in [-0.05, 0) is 42.9 Å². The van der Waals surface area contributed by atoms with Gasteiger partial charge in [0.2, 0.25) is 5.89 Å². The van der Waals surface area contributed by atoms with Gasteiger partial charge in [0.05, 0.1) is 11.6 Å². The van der Waals surface area contributed by atoms with E-state index in [0.717, 1.165) is 56.6 Å². The smallest absolute Gasteiger partial charge is 0.291 e. The maximum Gasteiger partial charge on any atom is 0.291 e. The van der Waals surface area contributed by atoms with Crippen LogP contribution < -0.4 is 0 Å². The van der Waals surface area contributed by atoms with E-state index in [1.165, 1.54) is 10.7 Å². The predicted molar refractivity (Wildman–Crippen MR) is 106 cm³/mol. The number of fused-ring (bicyclic) bond motifs is 1. The summed E-state index contributed by atoms with van der Waals surface area (Å²) in [6, 6.07) is 5.62. The van der Waals surface area contributed by atoms with E-state index in [4.69, 9.17) is 9.26 Å². The van der Waals surface area contributed by atoms with Gasteiger partial charge in [0.1, 0.15) is 11.3 Å². The van der Waals surface area contributed by atoms with Gasteiger partial charge in [-0.3, -0.25) is 4.90 Å². The Kier molecular flexibility index (Phi) is 4.83. The maximum atomic E-state index is 14.6. The van der Waals surface area contributed by atoms with Crippen molar-refractivity contribution in [1.82, 2.24) is 24.8 Å². The molecule has 2 fully saturated rings. The average molecular weight is 399 g/mol. The van der Waals surface area contributed by atoms with Crippen molar-refractivity contribution in [2.75, 3.05) is 26.3 Å². The Hall–Kier alpha value is -2.32. The van der Waals surface area contributed by atoms with E-state index in [1.54, 1.807) is 6.07 Å². The fraction of sp³-hybridized carbons (Fsp3) is 0.571. The van der Waals surface area contributed by atoms with E-state index in [9.17, 15) is 4.39 Å². The zero-order valence-electron chi connectivity index (χ0n) is 16.8. The quantitative estimate of drug-likeness (QED) is 0.667. The van der Waals surface area contributed by atoms with E-state index in [1.807, 2.05) is 19.9 Å². The number of likely N-dealkylation sites (tertiary alicyclic amines) is 1. The van der Waals surface area contributed by atoms with Crippen molar-refractivity contribution in [2.24, 2.45) is 0 Å². The Morgan fingerprint density at radius 2 is 2.00 bits per heavy atom. The van der Waals surface area contributed by atoms with Crippen LogP contribution in [0.5, 0.6) is 0 Å². The first-order valence-electron chi connectivity index (χ1n) is 10.4. The summed E-state index contributed by atoms with van der Waals surface area (Å²) in [7, 11) is 0. The lowest BCUT2D eigenvalue weighted by Gasteiger charge is -2.30. The van der Waals surface area contributed by atoms with E-state index in [0.29, 0.717) is 23.4 Å². The molecule has 8 heteroatoms. The number of rotatable bonds is 4. The minimum Gasteiger partial charge on any atom is -0.381 e. The van der Waals surface area contributed by atoms with Crippen molar-refractivity contribution in [3.63, 3.8) is 0 Å². The fourth-order valence-electron chi connectivity index (χ4n) is 4.57. The van der Waals surface area contributed by atoms with Gasteiger partial charge in [0, 0.05) is 31.2 Å². The summed E-state index contributed by atoms with van der Waals surface area (Å²) in [5, 5.41) is 9.55. The number of aromatic nitrogens is 4. The van der Waals surface area contributed by atoms with Crippen LogP contribution in [0, 0.1) is 5.82 Å². The van der Waals surface area contributed by atoms with Gasteiger partial charge in [-0.1, -0.05) is 26.0 Å². The molecule has 0 saturated carbocycles. The summed E-state index contributed by atoms with van der Waals surface area (Å²) in [6.45, 7) is 7.71. The molecule has 2 aliphatic rings. The summed E-state index contributed by atoms with van der Waals surface area (Å²) in [4.78, 5) is 7.12. The molecule has 2 saturated heterocycles. The highest BCUT2D eigenvalue weighted by atomic mass is 19.1. The summed E-state index contributed by atoms with van der Waals surface area (Å²) < 4.78 is 27.2. The number of benzene rings is 1. The first-order valence-corrected chi connectivity index (χ1v) is 10.4. The number of nitrogens with zero attached hydrogens (tertiary/aromatic N) is 5. The van der Waals surface area contributed by atoms with E-state index in [-0.39, 0.29) is 17.7 Å². The standard InChI is InChI=1S/C21H26FN5O2/c1-13(2)18-16-4-3-5-17(22)19(16)27(24-18)21-23-20(29-25-21)14-6-9-26(12-14)15-7-10-28-11-8-15/h3-5,13-15H,6-12H2,1-2H3. The fourth-order valence-corrected chi connectivity index (χ4v) is 4.57. The maximum absolute atomic E-state index is 14.6. The lowest BCUT2D eigenvalue weighted by atomic mass is 10.1. The number of halogens is 1. The molecule has 0 radical (unpaired) electrons. The summed E-state index contributed by atoms with van der Waals surface area (Å²) >= 11 is 0. The second-order valence-corrected chi connectivity index (χ2v) is 8.34. The van der Waals surface area contributed by atoms with Gasteiger partial charge < -0.3 is 9.26 Å². The van der Waals surface area contributed by atoms with Crippen LogP contribution in [-0.2, 0) is 4.74 Å². The predicted octanol–water partition coefficient (Wildman–Crippen LogP) is 3.64. The minimum absolute atomic E-state index is 0.162. The van der Waals surface area contributed by atoms with Crippen LogP contribution in [0.1, 0.15) is 56.5 Å². The molecule has 154 valence electrons. The first-order chi connectivity index (χ1) is 14.1. The van der Waals surface area contributed by atoms with Crippen molar-refractivity contribution in [3.8, 4) is 5.95 Å². The highest BCUT2D eigenvalue weighted by Gasteiger charge is 2.33. The molecule has 3 aromatic rings. The van der Waals surface area contributed by atoms with Crippen LogP contribution in [0.2, 0.25) is 0 Å². The van der Waals surface area contributed by atoms with Crippen molar-refractivity contribution >= 4 is 10.9 Å². The zero-order chi connectivity index (χ0) is 20.0. The lowest BCUT2D eigenvalue weighted by Crippen LogP contribution is -2.37. The molecule has 0 bridgehead atoms. The third-order valence-electron chi connectivity index (χ3n) is 6.13. The van der Waals surface area contributed by atoms with Crippen LogP contribution in [0.15, 0.2) is 22.7 Å². The number of para-hydroxylation sites is 1. The molecule has 1 aromatic carbocycles. The molecule has 4 heterocycles. The molecule has 1 atom stereocenters. The van der Waals surface area contributed by atoms with Crippen molar-refractivity contribution in [2.45, 2.75) is 51.0 Å². The lowest BCUT2D eigenvalue weighted by molar-refractivity contribution is 0.0417. The highest BCUT2D eigenvalue weighted by Crippen LogP contribution is 2.32. The Morgan fingerprint density at radius 1 is 1.17 bits per heavy atom. The Bertz CT molecular complexity index is 1010. The second-order valence-electron chi connectivity index (χ2n) is 8.34. The normalized spacial score (nSPS) is 21.6. The van der Waals surface area contributed by atoms with Crippen molar-refractivity contribution in [3.05, 3.63) is 35.6 Å². The van der Waals surface area contributed by atoms with E-state index < -0.39 is 0 Å². The number of hydrogen-bond donors (Lipinski definition) is 0. The number of hydrogen-bond acceptors (Lipinski definition) is 6. The molecule has 2 aromatic heterocycles. The van der Waals surface area contributed by atoms with Crippen LogP contribution >= 0.6 is 0 Å². The van der Waals surface area contributed by atoms with Gasteiger partial charge in [0.15, 0.2) is 0 Å². The van der Waals surface area contributed by atoms with Gasteiger partial charge in [0.25, 0.3) is 5.95 Å². The molecule has 2 aliphatic heterocycles. The van der Waals surface area contributed by atoms with Gasteiger partial charge in [-0.2, -0.15) is 14.8 Å². The first kappa shape index (κ1) is 18.7. The molecular weight excluding hydrogens is 373 g/mol. The van der Waals surface area contributed by atoms with Crippen LogP contribution in [0.25, 0.3) is 16.9 Å². The topological polar surface area (TPSA) is 69.2 Å². The molecule has 0 spiro atoms. The monoisotopic (exact) mass is 399 g/mol. The van der Waals surface area contributed by atoms with Crippen molar-refractivity contribution in [1.29, 1.82) is 0 Å². The Morgan fingerprint density at radius 3 is 2.79 bits per heavy atom. The molecule has 0 N–H and O–H groups in total. The van der Waals surface area contributed by atoms with E-state index in [2.05, 4.69) is 20.1 Å². The Labute approximate surface area is 168 Å². The third kappa shape index (κ3) is 3.34. The second kappa shape index (κ2) is 7.50. The third-order valence-corrected chi connectivity index (χ3v) is 6.13. The average Bonchev–Trinajstić information content (AvgIpc) is 3.46. The summed E-state index contributed by atoms with van der Waals surface area (Å²) in [5.74, 6) is 0.942. The molecule has 1 unspecified atom stereocenters. The summed E-state index contributed by atoms with van der Waals surface area (Å²) in [5.41, 5.74) is 1.23. The van der Waals surface area contributed by atoms with Crippen molar-refractivity contribution < 1.29 is 13.7 Å². The minimum atomic E-state index is -0.334. The van der Waals surface area contributed by atoms with E-state index >= 15 is 0 Å². The highest BCUT2D eigenvalue weighted by molar-refractivity contribution is 5.84. The van der Waals surface area contributed by atoms with Gasteiger partial charge in [-0.15, -0.1) is 0 Å². The van der Waals surface area contributed by atoms with Gasteiger partial charge in [-0.25, -0.2) is 4.39 Å². The van der Waals surface area contributed by atoms with Crippen LogP contribution in [0.3, 0.4) is 0 Å². The van der Waals surface area contributed by atoms with Crippen LogP contribution in [0.4, 0.5) is 4.39 Å². The number of ether oxygens (including phenoxy) is 1. The van der Waals surface area contributed by atoms with Gasteiger partial charge >= 0.3 is 0 Å². The molecular formula is C21H26FN5O2. The molecule has 29 heavy (non-hydrogen) atoms. The summed E-state index contributed by atoms with van der Waals surface area (Å²) in [6.07, 6.45) is 3.15. The SMILES string of the molecule is CC(C)c1nn(-c2noc(C3CCN(C4CCOCC4)C3)n2)c2c(F)cccc12. The molecule has 0 amide bonds. The Balaban J connectivity index is 1.42.